The maximum Gasteiger partial charge on any atom is 0.254 e. The first-order valence-corrected chi connectivity index (χ1v) is 8.39. The molecule has 0 aliphatic carbocycles. The second-order valence-electron chi connectivity index (χ2n) is 6.02. The average Bonchev–Trinajstić information content (AvgIpc) is 2.54. The lowest BCUT2D eigenvalue weighted by atomic mass is 10.1. The predicted octanol–water partition coefficient (Wildman–Crippen LogP) is 2.76. The minimum atomic E-state index is -0.141. The molecule has 0 saturated heterocycles. The molecule has 1 aromatic heterocycles. The van der Waals surface area contributed by atoms with Crippen LogP contribution in [0.1, 0.15) is 42.4 Å². The van der Waals surface area contributed by atoms with Crippen molar-refractivity contribution in [1.82, 2.24) is 14.9 Å². The van der Waals surface area contributed by atoms with E-state index in [0.29, 0.717) is 36.5 Å². The first kappa shape index (κ1) is 17.9. The van der Waals surface area contributed by atoms with E-state index in [4.69, 9.17) is 0 Å². The predicted molar refractivity (Wildman–Crippen MR) is 94.8 cm³/mol. The molecular weight excluding hydrogens is 302 g/mol. The Morgan fingerprint density at radius 1 is 1.21 bits per heavy atom. The van der Waals surface area contributed by atoms with E-state index >= 15 is 0 Å². The Morgan fingerprint density at radius 2 is 1.92 bits per heavy atom. The molecule has 0 aliphatic rings. The van der Waals surface area contributed by atoms with Crippen LogP contribution in [0.15, 0.2) is 35.1 Å². The number of carbonyl (C=O) groups is 1. The number of rotatable bonds is 7. The zero-order chi connectivity index (χ0) is 17.5. The van der Waals surface area contributed by atoms with Gasteiger partial charge in [-0.2, -0.15) is 0 Å². The van der Waals surface area contributed by atoms with Crippen LogP contribution in [0.5, 0.6) is 0 Å². The topological polar surface area (TPSA) is 66.1 Å². The summed E-state index contributed by atoms with van der Waals surface area (Å²) in [6.07, 6.45) is 1.65. The van der Waals surface area contributed by atoms with Gasteiger partial charge >= 0.3 is 0 Å². The number of hydrogen-bond donors (Lipinski definition) is 1. The molecule has 128 valence electrons. The second kappa shape index (κ2) is 8.43. The molecule has 0 bridgehead atoms. The van der Waals surface area contributed by atoms with Crippen molar-refractivity contribution in [3.63, 3.8) is 0 Å². The Hall–Kier alpha value is -2.43. The molecule has 0 spiro atoms. The van der Waals surface area contributed by atoms with Crippen LogP contribution >= 0.6 is 0 Å². The number of nitrogens with one attached hydrogen (secondary N) is 1. The molecule has 1 N–H and O–H groups in total. The highest BCUT2D eigenvalue weighted by Gasteiger charge is 2.15. The number of H-pyrrole nitrogens is 1. The van der Waals surface area contributed by atoms with Crippen LogP contribution in [-0.2, 0) is 17.8 Å². The van der Waals surface area contributed by atoms with E-state index in [1.807, 2.05) is 42.2 Å². The van der Waals surface area contributed by atoms with E-state index in [9.17, 15) is 9.59 Å². The zero-order valence-corrected chi connectivity index (χ0v) is 14.6. The van der Waals surface area contributed by atoms with E-state index in [1.54, 1.807) is 6.92 Å². The fourth-order valence-electron chi connectivity index (χ4n) is 2.80. The van der Waals surface area contributed by atoms with Crippen LogP contribution in [0.3, 0.4) is 0 Å². The minimum Gasteiger partial charge on any atom is -0.338 e. The van der Waals surface area contributed by atoms with Gasteiger partial charge in [-0.1, -0.05) is 37.3 Å². The van der Waals surface area contributed by atoms with Crippen LogP contribution in [0, 0.1) is 13.8 Å². The summed E-state index contributed by atoms with van der Waals surface area (Å²) >= 11 is 0. The van der Waals surface area contributed by atoms with Crippen molar-refractivity contribution in [2.75, 3.05) is 6.54 Å². The van der Waals surface area contributed by atoms with Crippen molar-refractivity contribution in [3.8, 4) is 0 Å². The van der Waals surface area contributed by atoms with Crippen LogP contribution < -0.4 is 5.56 Å². The van der Waals surface area contributed by atoms with E-state index in [1.165, 1.54) is 0 Å². The number of hydrogen-bond acceptors (Lipinski definition) is 3. The summed E-state index contributed by atoms with van der Waals surface area (Å²) in [6, 6.07) is 9.97. The van der Waals surface area contributed by atoms with E-state index in [-0.39, 0.29) is 11.5 Å². The molecular formula is C19H25N3O2. The van der Waals surface area contributed by atoms with Gasteiger partial charge in [0.15, 0.2) is 0 Å². The molecule has 24 heavy (non-hydrogen) atoms. The molecule has 5 heteroatoms. The SMILES string of the molecule is CCCN(Cc1ccccc1)C(=O)CCc1c(C)nc(C)[nH]c1=O. The molecule has 1 amide bonds. The normalized spacial score (nSPS) is 10.6. The molecule has 0 saturated carbocycles. The van der Waals surface area contributed by atoms with Crippen molar-refractivity contribution < 1.29 is 4.79 Å². The summed E-state index contributed by atoms with van der Waals surface area (Å²) < 4.78 is 0. The molecule has 0 fully saturated rings. The number of amides is 1. The summed E-state index contributed by atoms with van der Waals surface area (Å²) in [5, 5.41) is 0. The lowest BCUT2D eigenvalue weighted by Crippen LogP contribution is -2.32. The third-order valence-corrected chi connectivity index (χ3v) is 3.99. The molecule has 5 nitrogen and oxygen atoms in total. The van der Waals surface area contributed by atoms with Gasteiger partial charge in [0.05, 0.1) is 0 Å². The van der Waals surface area contributed by atoms with E-state index in [0.717, 1.165) is 18.5 Å². The fraction of sp³-hybridized carbons (Fsp3) is 0.421. The lowest BCUT2D eigenvalue weighted by molar-refractivity contribution is -0.131. The highest BCUT2D eigenvalue weighted by Crippen LogP contribution is 2.09. The number of carbonyl (C=O) groups excluding carboxylic acids is 1. The Morgan fingerprint density at radius 3 is 2.54 bits per heavy atom. The van der Waals surface area contributed by atoms with Crippen molar-refractivity contribution in [1.29, 1.82) is 0 Å². The van der Waals surface area contributed by atoms with Crippen LogP contribution in [0.4, 0.5) is 0 Å². The van der Waals surface area contributed by atoms with Crippen molar-refractivity contribution in [2.24, 2.45) is 0 Å². The van der Waals surface area contributed by atoms with Crippen LogP contribution in [0.2, 0.25) is 0 Å². The lowest BCUT2D eigenvalue weighted by Gasteiger charge is -2.22. The van der Waals surface area contributed by atoms with Gasteiger partial charge in [0.25, 0.3) is 5.56 Å². The van der Waals surface area contributed by atoms with Gasteiger partial charge in [0.2, 0.25) is 5.91 Å². The Balaban J connectivity index is 2.04. The summed E-state index contributed by atoms with van der Waals surface area (Å²) in [4.78, 5) is 33.5. The standard InChI is InChI=1S/C19H25N3O2/c1-4-12-22(13-16-8-6-5-7-9-16)18(23)11-10-17-14(2)20-15(3)21-19(17)24/h5-9H,4,10-13H2,1-3H3,(H,20,21,24). The quantitative estimate of drug-likeness (QED) is 0.850. The molecule has 0 radical (unpaired) electrons. The number of aryl methyl sites for hydroxylation is 2. The van der Waals surface area contributed by atoms with Crippen LogP contribution in [-0.4, -0.2) is 27.3 Å². The minimum absolute atomic E-state index is 0.0695. The summed E-state index contributed by atoms with van der Waals surface area (Å²) in [7, 11) is 0. The number of aromatic amines is 1. The highest BCUT2D eigenvalue weighted by atomic mass is 16.2. The number of benzene rings is 1. The maximum atomic E-state index is 12.6. The Bertz CT molecular complexity index is 738. The average molecular weight is 327 g/mol. The van der Waals surface area contributed by atoms with Crippen molar-refractivity contribution in [3.05, 3.63) is 63.3 Å². The summed E-state index contributed by atoms with van der Waals surface area (Å²) in [5.41, 5.74) is 2.28. The molecule has 0 unspecified atom stereocenters. The molecule has 0 atom stereocenters. The van der Waals surface area contributed by atoms with E-state index < -0.39 is 0 Å². The summed E-state index contributed by atoms with van der Waals surface area (Å²) in [6.45, 7) is 6.95. The zero-order valence-electron chi connectivity index (χ0n) is 14.6. The molecule has 1 aromatic carbocycles. The number of aromatic nitrogens is 2. The van der Waals surface area contributed by atoms with Gasteiger partial charge < -0.3 is 9.88 Å². The van der Waals surface area contributed by atoms with Crippen molar-refractivity contribution in [2.45, 2.75) is 46.6 Å². The molecule has 1 heterocycles. The summed E-state index contributed by atoms with van der Waals surface area (Å²) in [5.74, 6) is 0.671. The molecule has 2 aromatic rings. The first-order chi connectivity index (χ1) is 11.5. The van der Waals surface area contributed by atoms with E-state index in [2.05, 4.69) is 16.9 Å². The number of nitrogens with zero attached hydrogens (tertiary/aromatic N) is 2. The van der Waals surface area contributed by atoms with Gasteiger partial charge in [-0.3, -0.25) is 9.59 Å². The first-order valence-electron chi connectivity index (χ1n) is 8.39. The van der Waals surface area contributed by atoms with Crippen molar-refractivity contribution >= 4 is 5.91 Å². The monoisotopic (exact) mass is 327 g/mol. The third kappa shape index (κ3) is 4.78. The van der Waals surface area contributed by atoms with Gasteiger partial charge in [-0.05, 0) is 32.3 Å². The Labute approximate surface area is 142 Å². The smallest absolute Gasteiger partial charge is 0.254 e. The maximum absolute atomic E-state index is 12.6. The molecule has 2 rings (SSSR count). The Kier molecular flexibility index (Phi) is 6.29. The third-order valence-electron chi connectivity index (χ3n) is 3.99. The van der Waals surface area contributed by atoms with Gasteiger partial charge in [-0.25, -0.2) is 4.98 Å². The van der Waals surface area contributed by atoms with Gasteiger partial charge in [0.1, 0.15) is 5.82 Å². The highest BCUT2D eigenvalue weighted by molar-refractivity contribution is 5.76. The molecule has 0 aliphatic heterocycles. The largest absolute Gasteiger partial charge is 0.338 e. The fourth-order valence-corrected chi connectivity index (χ4v) is 2.80. The van der Waals surface area contributed by atoms with Gasteiger partial charge in [-0.15, -0.1) is 0 Å². The van der Waals surface area contributed by atoms with Gasteiger partial charge in [0, 0.05) is 30.8 Å². The second-order valence-corrected chi connectivity index (χ2v) is 6.02. The van der Waals surface area contributed by atoms with Crippen LogP contribution in [0.25, 0.3) is 0 Å².